The van der Waals surface area contributed by atoms with E-state index in [2.05, 4.69) is 28.8 Å². The van der Waals surface area contributed by atoms with Gasteiger partial charge in [-0.25, -0.2) is 9.13 Å². The average molecular weight is 407 g/mol. The number of fused-ring (bicyclic) bond motifs is 1. The highest BCUT2D eigenvalue weighted by Gasteiger charge is 2.18. The quantitative estimate of drug-likeness (QED) is 0.356. The van der Waals surface area contributed by atoms with Crippen molar-refractivity contribution in [3.05, 3.63) is 102 Å². The number of rotatable bonds is 5. The Hall–Kier alpha value is -2.72. The van der Waals surface area contributed by atoms with Crippen LogP contribution in [0.4, 0.5) is 0 Å². The second-order valence-electron chi connectivity index (χ2n) is 6.13. The standard InChI is InChI=1S/C22H19N2O.BrH/c25-22(19-11-5-2-6-12-19)16-24-17-23(15-18-9-3-1-4-10-18)20-13-7-8-14-21(20)24;/h1-14,17H,15-16H2;1H/q+1;/p-1. The Balaban J connectivity index is 0.00000196. The number of carbonyl (C=O) groups excluding carboxylic acids is 1. The summed E-state index contributed by atoms with van der Waals surface area (Å²) in [7, 11) is 0. The van der Waals surface area contributed by atoms with Crippen molar-refractivity contribution in [2.24, 2.45) is 0 Å². The highest BCUT2D eigenvalue weighted by molar-refractivity contribution is 5.96. The zero-order valence-corrected chi connectivity index (χ0v) is 15.8. The molecule has 1 aromatic heterocycles. The van der Waals surface area contributed by atoms with Crippen LogP contribution >= 0.6 is 0 Å². The zero-order valence-electron chi connectivity index (χ0n) is 14.3. The third-order valence-corrected chi connectivity index (χ3v) is 4.38. The molecule has 130 valence electrons. The average Bonchev–Trinajstić information content (AvgIpc) is 3.01. The van der Waals surface area contributed by atoms with Gasteiger partial charge in [0.2, 0.25) is 12.1 Å². The molecule has 0 atom stereocenters. The number of ketones is 1. The molecule has 0 aliphatic rings. The van der Waals surface area contributed by atoms with Gasteiger partial charge in [0.15, 0.2) is 17.6 Å². The van der Waals surface area contributed by atoms with Gasteiger partial charge in [-0.2, -0.15) is 0 Å². The molecular weight excluding hydrogens is 388 g/mol. The van der Waals surface area contributed by atoms with E-state index >= 15 is 0 Å². The van der Waals surface area contributed by atoms with Crippen molar-refractivity contribution >= 4 is 16.8 Å². The van der Waals surface area contributed by atoms with Crippen LogP contribution in [0.1, 0.15) is 15.9 Å². The van der Waals surface area contributed by atoms with E-state index < -0.39 is 0 Å². The number of hydrogen-bond donors (Lipinski definition) is 0. The summed E-state index contributed by atoms with van der Waals surface area (Å²) in [6.07, 6.45) is 2.04. The summed E-state index contributed by atoms with van der Waals surface area (Å²) in [5.41, 5.74) is 4.19. The molecule has 0 spiro atoms. The van der Waals surface area contributed by atoms with Gasteiger partial charge in [-0.05, 0) is 17.7 Å². The maximum absolute atomic E-state index is 12.6. The molecule has 0 N–H and O–H groups in total. The molecule has 0 aliphatic heterocycles. The number of hydrogen-bond acceptors (Lipinski definition) is 1. The van der Waals surface area contributed by atoms with Crippen molar-refractivity contribution < 1.29 is 26.3 Å². The molecular formula is C22H19BrN2O. The fourth-order valence-electron chi connectivity index (χ4n) is 3.14. The largest absolute Gasteiger partial charge is 1.00 e. The van der Waals surface area contributed by atoms with E-state index in [0.717, 1.165) is 23.1 Å². The minimum Gasteiger partial charge on any atom is -1.00 e. The second-order valence-corrected chi connectivity index (χ2v) is 6.13. The van der Waals surface area contributed by atoms with Crippen LogP contribution in [0.3, 0.4) is 0 Å². The number of carbonyl (C=O) groups is 1. The van der Waals surface area contributed by atoms with Gasteiger partial charge in [0.05, 0.1) is 0 Å². The van der Waals surface area contributed by atoms with Crippen LogP contribution in [0.15, 0.2) is 91.3 Å². The van der Waals surface area contributed by atoms with Crippen LogP contribution in [0.2, 0.25) is 0 Å². The Morgan fingerprint density at radius 2 is 1.42 bits per heavy atom. The summed E-state index contributed by atoms with van der Waals surface area (Å²) in [4.78, 5) is 12.6. The second kappa shape index (κ2) is 8.11. The first-order valence-electron chi connectivity index (χ1n) is 8.41. The maximum atomic E-state index is 12.6. The molecule has 3 nitrogen and oxygen atoms in total. The molecule has 0 saturated carbocycles. The van der Waals surface area contributed by atoms with Crippen molar-refractivity contribution in [2.45, 2.75) is 13.1 Å². The molecule has 0 bridgehead atoms. The van der Waals surface area contributed by atoms with Crippen molar-refractivity contribution in [1.82, 2.24) is 4.57 Å². The Morgan fingerprint density at radius 1 is 0.808 bits per heavy atom. The van der Waals surface area contributed by atoms with E-state index in [4.69, 9.17) is 0 Å². The minimum atomic E-state index is 0. The lowest BCUT2D eigenvalue weighted by Gasteiger charge is -1.99. The van der Waals surface area contributed by atoms with Gasteiger partial charge in [0, 0.05) is 5.56 Å². The molecule has 4 heteroatoms. The molecule has 0 fully saturated rings. The topological polar surface area (TPSA) is 25.9 Å². The summed E-state index contributed by atoms with van der Waals surface area (Å²) < 4.78 is 4.23. The van der Waals surface area contributed by atoms with Gasteiger partial charge in [0.25, 0.3) is 0 Å². The Labute approximate surface area is 163 Å². The van der Waals surface area contributed by atoms with Crippen LogP contribution < -0.4 is 21.5 Å². The first-order chi connectivity index (χ1) is 12.3. The van der Waals surface area contributed by atoms with Crippen LogP contribution in [0.5, 0.6) is 0 Å². The number of para-hydroxylation sites is 2. The van der Waals surface area contributed by atoms with Crippen LogP contribution in [-0.2, 0) is 13.1 Å². The van der Waals surface area contributed by atoms with E-state index in [1.165, 1.54) is 5.56 Å². The monoisotopic (exact) mass is 406 g/mol. The number of halogens is 1. The first kappa shape index (κ1) is 18.1. The number of benzene rings is 3. The fourth-order valence-corrected chi connectivity index (χ4v) is 3.14. The Bertz CT molecular complexity index is 1010. The summed E-state index contributed by atoms with van der Waals surface area (Å²) in [6, 6.07) is 28.0. The third kappa shape index (κ3) is 3.75. The van der Waals surface area contributed by atoms with Crippen LogP contribution in [0, 0.1) is 0 Å². The lowest BCUT2D eigenvalue weighted by atomic mass is 10.1. The molecule has 4 rings (SSSR count). The van der Waals surface area contributed by atoms with E-state index in [-0.39, 0.29) is 22.8 Å². The van der Waals surface area contributed by atoms with Gasteiger partial charge < -0.3 is 17.0 Å². The number of Topliss-reactive ketones (excluding diaryl/α,β-unsaturated/α-hetero) is 1. The highest BCUT2D eigenvalue weighted by Crippen LogP contribution is 2.13. The number of nitrogens with zero attached hydrogens (tertiary/aromatic N) is 2. The normalized spacial score (nSPS) is 10.5. The van der Waals surface area contributed by atoms with E-state index in [1.807, 2.05) is 71.6 Å². The third-order valence-electron chi connectivity index (χ3n) is 4.38. The van der Waals surface area contributed by atoms with E-state index in [0.29, 0.717) is 6.54 Å². The zero-order chi connectivity index (χ0) is 17.1. The number of aromatic nitrogens is 2. The van der Waals surface area contributed by atoms with Crippen molar-refractivity contribution in [3.63, 3.8) is 0 Å². The smallest absolute Gasteiger partial charge is 0.245 e. The van der Waals surface area contributed by atoms with Gasteiger partial charge in [-0.3, -0.25) is 4.79 Å². The minimum absolute atomic E-state index is 0. The molecule has 0 aliphatic carbocycles. The molecule has 26 heavy (non-hydrogen) atoms. The van der Waals surface area contributed by atoms with Gasteiger partial charge >= 0.3 is 0 Å². The lowest BCUT2D eigenvalue weighted by molar-refractivity contribution is -0.663. The SMILES string of the molecule is O=C(Cn1c[n+](Cc2ccccc2)c2ccccc21)c1ccccc1.[Br-]. The van der Waals surface area contributed by atoms with Crippen LogP contribution in [-0.4, -0.2) is 10.4 Å². The summed E-state index contributed by atoms with van der Waals surface area (Å²) >= 11 is 0. The van der Waals surface area contributed by atoms with E-state index in [9.17, 15) is 4.79 Å². The highest BCUT2D eigenvalue weighted by atomic mass is 79.9. The number of imidazole rings is 1. The molecule has 1 heterocycles. The fraction of sp³-hybridized carbons (Fsp3) is 0.0909. The van der Waals surface area contributed by atoms with Crippen molar-refractivity contribution in [1.29, 1.82) is 0 Å². The summed E-state index contributed by atoms with van der Waals surface area (Å²) in [5.74, 6) is 0.119. The summed E-state index contributed by atoms with van der Waals surface area (Å²) in [5, 5.41) is 0. The molecule has 0 amide bonds. The summed E-state index contributed by atoms with van der Waals surface area (Å²) in [6.45, 7) is 1.13. The van der Waals surface area contributed by atoms with Crippen LogP contribution in [0.25, 0.3) is 11.0 Å². The Morgan fingerprint density at radius 3 is 2.15 bits per heavy atom. The Kier molecular flexibility index (Phi) is 5.64. The van der Waals surface area contributed by atoms with Gasteiger partial charge in [0.1, 0.15) is 6.54 Å². The molecule has 0 saturated heterocycles. The maximum Gasteiger partial charge on any atom is 0.245 e. The van der Waals surface area contributed by atoms with E-state index in [1.54, 1.807) is 0 Å². The molecule has 3 aromatic carbocycles. The predicted molar refractivity (Wildman–Crippen MR) is 98.4 cm³/mol. The van der Waals surface area contributed by atoms with Gasteiger partial charge in [-0.15, -0.1) is 0 Å². The van der Waals surface area contributed by atoms with Gasteiger partial charge in [-0.1, -0.05) is 72.8 Å². The molecule has 0 radical (unpaired) electrons. The first-order valence-corrected chi connectivity index (χ1v) is 8.41. The van der Waals surface area contributed by atoms with Crippen molar-refractivity contribution in [2.75, 3.05) is 0 Å². The molecule has 4 aromatic rings. The predicted octanol–water partition coefficient (Wildman–Crippen LogP) is 0.864. The van der Waals surface area contributed by atoms with Crippen molar-refractivity contribution in [3.8, 4) is 0 Å². The lowest BCUT2D eigenvalue weighted by Crippen LogP contribution is -3.00. The molecule has 0 unspecified atom stereocenters.